The third kappa shape index (κ3) is 4.83. The molecule has 0 fully saturated rings. The summed E-state index contributed by atoms with van der Waals surface area (Å²) in [6, 6.07) is 8.86. The normalized spacial score (nSPS) is 12.4. The van der Waals surface area contributed by atoms with Crippen LogP contribution in [0, 0.1) is 13.8 Å². The van der Waals surface area contributed by atoms with Crippen LogP contribution in [0.2, 0.25) is 0 Å². The number of hydrogen-bond acceptors (Lipinski definition) is 4. The summed E-state index contributed by atoms with van der Waals surface area (Å²) in [4.78, 5) is 2.52. The average Bonchev–Trinajstić information content (AvgIpc) is 2.70. The van der Waals surface area contributed by atoms with Crippen molar-refractivity contribution in [2.75, 3.05) is 13.2 Å². The van der Waals surface area contributed by atoms with E-state index in [1.165, 1.54) is 57.7 Å². The summed E-state index contributed by atoms with van der Waals surface area (Å²) in [5.41, 5.74) is 4.98. The van der Waals surface area contributed by atoms with Gasteiger partial charge in [-0.3, -0.25) is 0 Å². The Kier molecular flexibility index (Phi) is 8.04. The molecule has 4 heteroatoms. The third-order valence-corrected chi connectivity index (χ3v) is 7.58. The van der Waals surface area contributed by atoms with Crippen LogP contribution in [0.5, 0.6) is 11.5 Å². The molecule has 2 aromatic rings. The minimum atomic E-state index is 0.795. The van der Waals surface area contributed by atoms with Crippen LogP contribution in [-0.4, -0.2) is 13.2 Å². The first-order chi connectivity index (χ1) is 13.7. The second kappa shape index (κ2) is 10.5. The number of benzene rings is 2. The summed E-state index contributed by atoms with van der Waals surface area (Å²) in [5, 5.41) is 0. The van der Waals surface area contributed by atoms with E-state index in [1.807, 2.05) is 21.6 Å². The van der Waals surface area contributed by atoms with Gasteiger partial charge in [0.1, 0.15) is 11.5 Å². The number of hydrogen-bond donors (Lipinski definition) is 0. The fourth-order valence-electron chi connectivity index (χ4n) is 3.41. The van der Waals surface area contributed by atoms with Gasteiger partial charge in [-0.1, -0.05) is 63.8 Å². The van der Waals surface area contributed by atoms with Crippen LogP contribution in [0.1, 0.15) is 63.5 Å². The molecule has 0 aliphatic carbocycles. The standard InChI is InChI=1S/C24H32O2S2/c1-5-7-9-15-25-21-17(3)11-13-19-20-14-12-18(4)22(26-16-10-8-6-2)24(20)28-27-23(19)21/h11-14H,5-10,15-16H2,1-4H3. The van der Waals surface area contributed by atoms with Gasteiger partial charge in [0.25, 0.3) is 0 Å². The van der Waals surface area contributed by atoms with Crippen LogP contribution >= 0.6 is 21.6 Å². The summed E-state index contributed by atoms with van der Waals surface area (Å²) in [6.45, 7) is 10.3. The van der Waals surface area contributed by atoms with E-state index in [9.17, 15) is 0 Å². The highest BCUT2D eigenvalue weighted by Gasteiger charge is 2.26. The Morgan fingerprint density at radius 3 is 1.46 bits per heavy atom. The van der Waals surface area contributed by atoms with Crippen molar-refractivity contribution in [3.8, 4) is 22.6 Å². The number of fused-ring (bicyclic) bond motifs is 3. The van der Waals surface area contributed by atoms with Gasteiger partial charge in [-0.15, -0.1) is 0 Å². The fourth-order valence-corrected chi connectivity index (χ4v) is 6.19. The molecule has 28 heavy (non-hydrogen) atoms. The third-order valence-electron chi connectivity index (χ3n) is 5.11. The van der Waals surface area contributed by atoms with Crippen molar-refractivity contribution >= 4 is 21.6 Å². The van der Waals surface area contributed by atoms with Gasteiger partial charge in [-0.2, -0.15) is 0 Å². The minimum Gasteiger partial charge on any atom is -0.492 e. The molecule has 3 rings (SSSR count). The van der Waals surface area contributed by atoms with Crippen molar-refractivity contribution in [2.45, 2.75) is 76.0 Å². The van der Waals surface area contributed by atoms with Crippen LogP contribution in [-0.2, 0) is 0 Å². The monoisotopic (exact) mass is 416 g/mol. The highest BCUT2D eigenvalue weighted by molar-refractivity contribution is 8.77. The van der Waals surface area contributed by atoms with Gasteiger partial charge in [-0.05, 0) is 59.4 Å². The van der Waals surface area contributed by atoms with Gasteiger partial charge in [-0.25, -0.2) is 0 Å². The topological polar surface area (TPSA) is 18.5 Å². The van der Waals surface area contributed by atoms with Crippen molar-refractivity contribution in [3.63, 3.8) is 0 Å². The number of rotatable bonds is 10. The second-order valence-corrected chi connectivity index (χ2v) is 9.60. The highest BCUT2D eigenvalue weighted by atomic mass is 33.1. The largest absolute Gasteiger partial charge is 0.492 e. The Labute approximate surface area is 178 Å². The van der Waals surface area contributed by atoms with Crippen LogP contribution in [0.3, 0.4) is 0 Å². The second-order valence-electron chi connectivity index (χ2n) is 7.45. The molecular weight excluding hydrogens is 384 g/mol. The van der Waals surface area contributed by atoms with Gasteiger partial charge in [0, 0.05) is 11.1 Å². The minimum absolute atomic E-state index is 0.795. The molecule has 0 bridgehead atoms. The first kappa shape index (κ1) is 21.4. The molecule has 0 saturated heterocycles. The quantitative estimate of drug-likeness (QED) is 0.287. The molecule has 2 aromatic carbocycles. The van der Waals surface area contributed by atoms with Crippen LogP contribution in [0.15, 0.2) is 34.1 Å². The van der Waals surface area contributed by atoms with Gasteiger partial charge in [0.05, 0.1) is 23.0 Å². The Morgan fingerprint density at radius 1 is 0.643 bits per heavy atom. The Balaban J connectivity index is 1.89. The van der Waals surface area contributed by atoms with Crippen LogP contribution < -0.4 is 9.47 Å². The molecule has 0 unspecified atom stereocenters. The molecule has 0 radical (unpaired) electrons. The van der Waals surface area contributed by atoms with Gasteiger partial charge in [0.15, 0.2) is 0 Å². The number of aryl methyl sites for hydroxylation is 2. The lowest BCUT2D eigenvalue weighted by molar-refractivity contribution is 0.296. The van der Waals surface area contributed by atoms with Gasteiger partial charge >= 0.3 is 0 Å². The molecule has 1 aliphatic heterocycles. The predicted octanol–water partition coefficient (Wildman–Crippen LogP) is 8.22. The maximum absolute atomic E-state index is 6.23. The number of ether oxygens (including phenoxy) is 2. The molecule has 0 atom stereocenters. The summed E-state index contributed by atoms with van der Waals surface area (Å²) in [7, 11) is 3.63. The lowest BCUT2D eigenvalue weighted by Crippen LogP contribution is -2.04. The smallest absolute Gasteiger partial charge is 0.137 e. The predicted molar refractivity (Wildman–Crippen MR) is 123 cm³/mol. The van der Waals surface area contributed by atoms with E-state index >= 15 is 0 Å². The van der Waals surface area contributed by atoms with Crippen molar-refractivity contribution in [2.24, 2.45) is 0 Å². The highest BCUT2D eigenvalue weighted by Crippen LogP contribution is 2.58. The molecule has 0 spiro atoms. The van der Waals surface area contributed by atoms with Crippen molar-refractivity contribution < 1.29 is 9.47 Å². The Morgan fingerprint density at radius 2 is 1.07 bits per heavy atom. The van der Waals surface area contributed by atoms with E-state index < -0.39 is 0 Å². The zero-order valence-corrected chi connectivity index (χ0v) is 19.2. The fraction of sp³-hybridized carbons (Fsp3) is 0.500. The summed E-state index contributed by atoms with van der Waals surface area (Å²) in [6.07, 6.45) is 7.10. The van der Waals surface area contributed by atoms with E-state index in [1.54, 1.807) is 0 Å². The van der Waals surface area contributed by atoms with Crippen molar-refractivity contribution in [1.82, 2.24) is 0 Å². The molecule has 0 N–H and O–H groups in total. The van der Waals surface area contributed by atoms with E-state index in [0.717, 1.165) is 37.6 Å². The Hall–Kier alpha value is -1.26. The molecule has 2 nitrogen and oxygen atoms in total. The lowest BCUT2D eigenvalue weighted by Gasteiger charge is -2.25. The van der Waals surface area contributed by atoms with E-state index in [-0.39, 0.29) is 0 Å². The maximum atomic E-state index is 6.23. The van der Waals surface area contributed by atoms with E-state index in [0.29, 0.717) is 0 Å². The SMILES string of the molecule is CCCCCOc1c(C)ccc2c1SSc1c-2ccc(C)c1OCCCCC. The summed E-state index contributed by atoms with van der Waals surface area (Å²) < 4.78 is 12.5. The van der Waals surface area contributed by atoms with E-state index in [2.05, 4.69) is 52.0 Å². The Bertz CT molecular complexity index is 734. The first-order valence-corrected chi connectivity index (χ1v) is 12.7. The first-order valence-electron chi connectivity index (χ1n) is 10.5. The molecular formula is C24H32O2S2. The molecule has 0 amide bonds. The summed E-state index contributed by atoms with van der Waals surface area (Å²) >= 11 is 0. The summed E-state index contributed by atoms with van der Waals surface area (Å²) in [5.74, 6) is 2.12. The van der Waals surface area contributed by atoms with Gasteiger partial charge < -0.3 is 9.47 Å². The molecule has 0 saturated carbocycles. The van der Waals surface area contributed by atoms with E-state index in [4.69, 9.17) is 9.47 Å². The maximum Gasteiger partial charge on any atom is 0.137 e. The molecule has 1 aliphatic rings. The van der Waals surface area contributed by atoms with Gasteiger partial charge in [0.2, 0.25) is 0 Å². The molecule has 152 valence electrons. The molecule has 0 aromatic heterocycles. The van der Waals surface area contributed by atoms with Crippen LogP contribution in [0.4, 0.5) is 0 Å². The zero-order valence-electron chi connectivity index (χ0n) is 17.6. The van der Waals surface area contributed by atoms with Crippen molar-refractivity contribution in [1.29, 1.82) is 0 Å². The van der Waals surface area contributed by atoms with Crippen LogP contribution in [0.25, 0.3) is 11.1 Å². The lowest BCUT2D eigenvalue weighted by atomic mass is 10.0. The zero-order chi connectivity index (χ0) is 19.9. The number of unbranched alkanes of at least 4 members (excludes halogenated alkanes) is 4. The molecule has 1 heterocycles. The average molecular weight is 417 g/mol. The van der Waals surface area contributed by atoms with Crippen molar-refractivity contribution in [3.05, 3.63) is 35.4 Å².